The number of hydrogen-bond acceptors (Lipinski definition) is 5. The molecule has 1 fully saturated rings. The number of anilines is 2. The van der Waals surface area contributed by atoms with Gasteiger partial charge in [0, 0.05) is 42.8 Å². The molecular weight excluding hydrogens is 391 g/mol. The van der Waals surface area contributed by atoms with Crippen molar-refractivity contribution < 1.29 is 13.2 Å². The number of nitrogens with one attached hydrogen (secondary N) is 1. The maximum atomic E-state index is 14.6. The molecule has 0 bridgehead atoms. The predicted molar refractivity (Wildman–Crippen MR) is 113 cm³/mol. The number of nitrogens with zero attached hydrogens (tertiary/aromatic N) is 4. The first kappa shape index (κ1) is 20.4. The normalized spacial score (nSPS) is 16.3. The number of halogens is 3. The van der Waals surface area contributed by atoms with E-state index in [2.05, 4.69) is 38.4 Å². The number of hydrogen-bond donors (Lipinski definition) is 1. The fraction of sp³-hybridized carbons (Fsp3) is 0.364. The molecule has 1 aromatic heterocycles. The molecule has 1 aliphatic rings. The number of aromatic nitrogens is 2. The Kier molecular flexibility index (Phi) is 5.76. The lowest BCUT2D eigenvalue weighted by Gasteiger charge is -2.34. The van der Waals surface area contributed by atoms with Crippen LogP contribution in [-0.4, -0.2) is 48.3 Å². The lowest BCUT2D eigenvalue weighted by atomic mass is 10.0. The van der Waals surface area contributed by atoms with Gasteiger partial charge in [0.2, 0.25) is 0 Å². The summed E-state index contributed by atoms with van der Waals surface area (Å²) >= 11 is 0. The van der Waals surface area contributed by atoms with Crippen molar-refractivity contribution in [2.75, 3.05) is 43.4 Å². The largest absolute Gasteiger partial charge is 0.377 e. The Bertz CT molecular complexity index is 1030. The smallest absolute Gasteiger partial charge is 0.266 e. The molecule has 2 heterocycles. The Labute approximate surface area is 173 Å². The van der Waals surface area contributed by atoms with Gasteiger partial charge in [-0.05, 0) is 32.2 Å². The second-order valence-electron chi connectivity index (χ2n) is 7.67. The zero-order chi connectivity index (χ0) is 21.3. The van der Waals surface area contributed by atoms with Gasteiger partial charge in [-0.3, -0.25) is 0 Å². The van der Waals surface area contributed by atoms with Crippen LogP contribution in [0.1, 0.15) is 30.5 Å². The Morgan fingerprint density at radius 3 is 2.50 bits per heavy atom. The van der Waals surface area contributed by atoms with Crippen LogP contribution >= 0.6 is 0 Å². The summed E-state index contributed by atoms with van der Waals surface area (Å²) in [6.07, 6.45) is -1.27. The van der Waals surface area contributed by atoms with Crippen LogP contribution < -0.4 is 10.2 Å². The molecule has 2 aromatic carbocycles. The van der Waals surface area contributed by atoms with Crippen LogP contribution in [0.5, 0.6) is 0 Å². The topological polar surface area (TPSA) is 44.3 Å². The predicted octanol–water partition coefficient (Wildman–Crippen LogP) is 4.63. The average Bonchev–Trinajstić information content (AvgIpc) is 2.74. The summed E-state index contributed by atoms with van der Waals surface area (Å²) in [5.74, 6) is -0.878. The fourth-order valence-corrected chi connectivity index (χ4v) is 3.80. The van der Waals surface area contributed by atoms with Crippen molar-refractivity contribution >= 4 is 22.3 Å². The lowest BCUT2D eigenvalue weighted by Crippen LogP contribution is -2.44. The van der Waals surface area contributed by atoms with Crippen molar-refractivity contribution in [1.29, 1.82) is 0 Å². The Balaban J connectivity index is 1.64. The molecule has 0 spiro atoms. The van der Waals surface area contributed by atoms with E-state index in [0.29, 0.717) is 11.2 Å². The van der Waals surface area contributed by atoms with Gasteiger partial charge in [0.05, 0.1) is 29.0 Å². The molecule has 5 nitrogen and oxygen atoms in total. The summed E-state index contributed by atoms with van der Waals surface area (Å²) in [4.78, 5) is 4.61. The third-order valence-electron chi connectivity index (χ3n) is 5.62. The molecule has 0 amide bonds. The average molecular weight is 415 g/mol. The number of alkyl halides is 2. The first-order valence-corrected chi connectivity index (χ1v) is 9.96. The number of piperazine rings is 1. The number of rotatable bonds is 5. The molecule has 0 saturated carbocycles. The second-order valence-corrected chi connectivity index (χ2v) is 7.67. The standard InChI is InChI=1S/C22H24F3N5/c1-14(16-4-3-5-17(21(16)23)22(24)25)27-20-13-26-28-19-7-6-15(12-18(19)20)30-10-8-29(2)9-11-30/h3-7,12-14,22H,8-11H2,1-2H3,(H,27,28)/t14-/m1/s1. The van der Waals surface area contributed by atoms with Gasteiger partial charge < -0.3 is 15.1 Å². The van der Waals surface area contributed by atoms with Crippen molar-refractivity contribution in [3.05, 3.63) is 59.5 Å². The van der Waals surface area contributed by atoms with Gasteiger partial charge in [0.1, 0.15) is 5.82 Å². The minimum absolute atomic E-state index is 0.188. The van der Waals surface area contributed by atoms with Gasteiger partial charge in [-0.1, -0.05) is 18.2 Å². The summed E-state index contributed by atoms with van der Waals surface area (Å²) < 4.78 is 40.7. The van der Waals surface area contributed by atoms with E-state index in [0.717, 1.165) is 43.3 Å². The molecule has 0 radical (unpaired) electrons. The highest BCUT2D eigenvalue weighted by Crippen LogP contribution is 2.32. The van der Waals surface area contributed by atoms with Gasteiger partial charge in [-0.25, -0.2) is 13.2 Å². The lowest BCUT2D eigenvalue weighted by molar-refractivity contribution is 0.146. The highest BCUT2D eigenvalue weighted by Gasteiger charge is 2.20. The van der Waals surface area contributed by atoms with Crippen LogP contribution in [-0.2, 0) is 0 Å². The molecule has 1 aliphatic heterocycles. The van der Waals surface area contributed by atoms with Gasteiger partial charge in [-0.15, -0.1) is 0 Å². The zero-order valence-corrected chi connectivity index (χ0v) is 16.9. The van der Waals surface area contributed by atoms with E-state index >= 15 is 0 Å². The summed E-state index contributed by atoms with van der Waals surface area (Å²) in [7, 11) is 2.11. The van der Waals surface area contributed by atoms with E-state index in [9.17, 15) is 13.2 Å². The van der Waals surface area contributed by atoms with E-state index < -0.39 is 23.8 Å². The summed E-state index contributed by atoms with van der Waals surface area (Å²) in [5, 5.41) is 12.3. The highest BCUT2D eigenvalue weighted by atomic mass is 19.3. The highest BCUT2D eigenvalue weighted by molar-refractivity contribution is 5.93. The number of fused-ring (bicyclic) bond motifs is 1. The number of benzene rings is 2. The Morgan fingerprint density at radius 2 is 1.77 bits per heavy atom. The molecule has 158 valence electrons. The van der Waals surface area contributed by atoms with Crippen LogP contribution in [0.3, 0.4) is 0 Å². The molecule has 4 rings (SSSR count). The fourth-order valence-electron chi connectivity index (χ4n) is 3.80. The van der Waals surface area contributed by atoms with E-state index in [-0.39, 0.29) is 5.56 Å². The van der Waals surface area contributed by atoms with Crippen molar-refractivity contribution in [2.24, 2.45) is 0 Å². The van der Waals surface area contributed by atoms with E-state index in [1.807, 2.05) is 12.1 Å². The molecular formula is C22H24F3N5. The van der Waals surface area contributed by atoms with Crippen molar-refractivity contribution in [1.82, 2.24) is 15.1 Å². The number of likely N-dealkylation sites (N-methyl/N-ethyl adjacent to an activating group) is 1. The monoisotopic (exact) mass is 415 g/mol. The van der Waals surface area contributed by atoms with Crippen LogP contribution in [0.4, 0.5) is 24.5 Å². The molecule has 1 atom stereocenters. The molecule has 1 N–H and O–H groups in total. The van der Waals surface area contributed by atoms with Gasteiger partial charge >= 0.3 is 0 Å². The van der Waals surface area contributed by atoms with Crippen molar-refractivity contribution in [2.45, 2.75) is 19.4 Å². The maximum Gasteiger partial charge on any atom is 0.266 e. The molecule has 1 saturated heterocycles. The minimum Gasteiger partial charge on any atom is -0.377 e. The SMILES string of the molecule is C[C@@H](Nc1cnnc2ccc(N3CCN(C)CC3)cc12)c1cccc(C(F)F)c1F. The summed E-state index contributed by atoms with van der Waals surface area (Å²) in [5.41, 5.74) is 2.09. The molecule has 3 aromatic rings. The summed E-state index contributed by atoms with van der Waals surface area (Å²) in [6.45, 7) is 5.60. The van der Waals surface area contributed by atoms with Gasteiger partial charge in [-0.2, -0.15) is 10.2 Å². The van der Waals surface area contributed by atoms with E-state index in [4.69, 9.17) is 0 Å². The second kappa shape index (κ2) is 8.47. The molecule has 0 aliphatic carbocycles. The van der Waals surface area contributed by atoms with Crippen LogP contribution in [0.2, 0.25) is 0 Å². The Morgan fingerprint density at radius 1 is 1.03 bits per heavy atom. The third-order valence-corrected chi connectivity index (χ3v) is 5.62. The Hall–Kier alpha value is -2.87. The van der Waals surface area contributed by atoms with E-state index in [1.165, 1.54) is 12.1 Å². The minimum atomic E-state index is -2.85. The maximum absolute atomic E-state index is 14.6. The van der Waals surface area contributed by atoms with Crippen LogP contribution in [0, 0.1) is 5.82 Å². The molecule has 0 unspecified atom stereocenters. The first-order chi connectivity index (χ1) is 14.4. The van der Waals surface area contributed by atoms with Crippen LogP contribution in [0.25, 0.3) is 10.9 Å². The van der Waals surface area contributed by atoms with E-state index in [1.54, 1.807) is 13.1 Å². The first-order valence-electron chi connectivity index (χ1n) is 9.96. The summed E-state index contributed by atoms with van der Waals surface area (Å²) in [6, 6.07) is 9.56. The van der Waals surface area contributed by atoms with Crippen LogP contribution in [0.15, 0.2) is 42.6 Å². The third kappa shape index (κ3) is 4.05. The van der Waals surface area contributed by atoms with Crippen molar-refractivity contribution in [3.8, 4) is 0 Å². The van der Waals surface area contributed by atoms with Crippen molar-refractivity contribution in [3.63, 3.8) is 0 Å². The molecule has 30 heavy (non-hydrogen) atoms. The zero-order valence-electron chi connectivity index (χ0n) is 16.9. The van der Waals surface area contributed by atoms with Gasteiger partial charge in [0.15, 0.2) is 0 Å². The quantitative estimate of drug-likeness (QED) is 0.658. The molecule has 8 heteroatoms. The van der Waals surface area contributed by atoms with Gasteiger partial charge in [0.25, 0.3) is 6.43 Å².